The standard InChI is InChI=1S/C10H16N4/c1-8-3-4-10(13-12-8)14-6-5-11-9(2)7-14/h3-4,9,11H,5-7H2,1-2H3/t9-/m1/s1. The highest BCUT2D eigenvalue weighted by Gasteiger charge is 2.16. The van der Waals surface area contributed by atoms with E-state index in [9.17, 15) is 0 Å². The van der Waals surface area contributed by atoms with E-state index in [-0.39, 0.29) is 0 Å². The lowest BCUT2D eigenvalue weighted by molar-refractivity contribution is 0.481. The van der Waals surface area contributed by atoms with E-state index >= 15 is 0 Å². The van der Waals surface area contributed by atoms with Gasteiger partial charge in [-0.15, -0.1) is 5.10 Å². The van der Waals surface area contributed by atoms with Gasteiger partial charge in [0.2, 0.25) is 0 Å². The third-order valence-corrected chi connectivity index (χ3v) is 2.48. The maximum absolute atomic E-state index is 4.18. The third-order valence-electron chi connectivity index (χ3n) is 2.48. The molecule has 2 rings (SSSR count). The molecule has 0 saturated carbocycles. The Morgan fingerprint density at radius 1 is 1.43 bits per heavy atom. The molecule has 1 aromatic heterocycles. The first-order valence-electron chi connectivity index (χ1n) is 5.04. The Balaban J connectivity index is 2.10. The second kappa shape index (κ2) is 3.92. The van der Waals surface area contributed by atoms with Crippen molar-refractivity contribution in [3.05, 3.63) is 17.8 Å². The summed E-state index contributed by atoms with van der Waals surface area (Å²) in [5.41, 5.74) is 0.969. The molecule has 0 unspecified atom stereocenters. The van der Waals surface area contributed by atoms with Gasteiger partial charge in [-0.05, 0) is 26.0 Å². The topological polar surface area (TPSA) is 41.0 Å². The number of aryl methyl sites for hydroxylation is 1. The quantitative estimate of drug-likeness (QED) is 0.707. The number of nitrogens with zero attached hydrogens (tertiary/aromatic N) is 3. The van der Waals surface area contributed by atoms with Crippen molar-refractivity contribution in [1.29, 1.82) is 0 Å². The van der Waals surface area contributed by atoms with Gasteiger partial charge in [0.05, 0.1) is 5.69 Å². The Labute approximate surface area is 84.3 Å². The highest BCUT2D eigenvalue weighted by Crippen LogP contribution is 2.11. The number of nitrogens with one attached hydrogen (secondary N) is 1. The highest BCUT2D eigenvalue weighted by molar-refractivity contribution is 5.38. The first-order chi connectivity index (χ1) is 6.75. The van der Waals surface area contributed by atoms with Crippen LogP contribution in [0.3, 0.4) is 0 Å². The zero-order valence-corrected chi connectivity index (χ0v) is 8.70. The molecule has 2 heterocycles. The minimum atomic E-state index is 0.534. The van der Waals surface area contributed by atoms with Gasteiger partial charge in [0.25, 0.3) is 0 Å². The summed E-state index contributed by atoms with van der Waals surface area (Å²) in [5.74, 6) is 0.990. The Morgan fingerprint density at radius 3 is 2.93 bits per heavy atom. The van der Waals surface area contributed by atoms with Crippen LogP contribution < -0.4 is 10.2 Å². The van der Waals surface area contributed by atoms with Crippen molar-refractivity contribution < 1.29 is 0 Å². The first-order valence-corrected chi connectivity index (χ1v) is 5.04. The van der Waals surface area contributed by atoms with Crippen molar-refractivity contribution in [1.82, 2.24) is 15.5 Å². The minimum Gasteiger partial charge on any atom is -0.352 e. The van der Waals surface area contributed by atoms with Gasteiger partial charge in [0, 0.05) is 25.7 Å². The lowest BCUT2D eigenvalue weighted by Gasteiger charge is -2.32. The van der Waals surface area contributed by atoms with Crippen molar-refractivity contribution in [2.45, 2.75) is 19.9 Å². The van der Waals surface area contributed by atoms with Gasteiger partial charge < -0.3 is 10.2 Å². The average molecular weight is 192 g/mol. The number of hydrogen-bond donors (Lipinski definition) is 1. The highest BCUT2D eigenvalue weighted by atomic mass is 15.3. The van der Waals surface area contributed by atoms with Crippen LogP contribution in [0.4, 0.5) is 5.82 Å². The van der Waals surface area contributed by atoms with E-state index in [1.165, 1.54) is 0 Å². The molecule has 1 aromatic rings. The fourth-order valence-corrected chi connectivity index (χ4v) is 1.70. The van der Waals surface area contributed by atoms with Crippen LogP contribution >= 0.6 is 0 Å². The normalized spacial score (nSPS) is 22.4. The van der Waals surface area contributed by atoms with Crippen molar-refractivity contribution in [3.63, 3.8) is 0 Å². The van der Waals surface area contributed by atoms with Crippen LogP contribution in [0.25, 0.3) is 0 Å². The second-order valence-corrected chi connectivity index (χ2v) is 3.83. The monoisotopic (exact) mass is 192 g/mol. The van der Waals surface area contributed by atoms with Crippen molar-refractivity contribution in [3.8, 4) is 0 Å². The molecule has 1 aliphatic heterocycles. The van der Waals surface area contributed by atoms with Crippen LogP contribution in [-0.2, 0) is 0 Å². The SMILES string of the molecule is Cc1ccc(N2CCN[C@H](C)C2)nn1. The summed E-state index contributed by atoms with van der Waals surface area (Å²) < 4.78 is 0. The molecule has 0 amide bonds. The smallest absolute Gasteiger partial charge is 0.151 e. The molecule has 1 N–H and O–H groups in total. The van der Waals surface area contributed by atoms with Crippen molar-refractivity contribution in [2.75, 3.05) is 24.5 Å². The Hall–Kier alpha value is -1.16. The van der Waals surface area contributed by atoms with Gasteiger partial charge in [0.1, 0.15) is 0 Å². The number of aromatic nitrogens is 2. The van der Waals surface area contributed by atoms with Crippen molar-refractivity contribution >= 4 is 5.82 Å². The van der Waals surface area contributed by atoms with Crippen LogP contribution in [0.2, 0.25) is 0 Å². The first kappa shape index (κ1) is 9.40. The summed E-state index contributed by atoms with van der Waals surface area (Å²) in [6.07, 6.45) is 0. The molecule has 0 aliphatic carbocycles. The fraction of sp³-hybridized carbons (Fsp3) is 0.600. The Bertz CT molecular complexity index is 295. The van der Waals surface area contributed by atoms with E-state index in [4.69, 9.17) is 0 Å². The number of hydrogen-bond acceptors (Lipinski definition) is 4. The van der Waals surface area contributed by atoms with Gasteiger partial charge in [-0.3, -0.25) is 0 Å². The van der Waals surface area contributed by atoms with Crippen molar-refractivity contribution in [2.24, 2.45) is 0 Å². The largest absolute Gasteiger partial charge is 0.352 e. The van der Waals surface area contributed by atoms with Crippen LogP contribution in [0.5, 0.6) is 0 Å². The molecule has 14 heavy (non-hydrogen) atoms. The fourth-order valence-electron chi connectivity index (χ4n) is 1.70. The number of anilines is 1. The molecule has 4 heteroatoms. The Morgan fingerprint density at radius 2 is 2.29 bits per heavy atom. The minimum absolute atomic E-state index is 0.534. The predicted molar refractivity (Wildman–Crippen MR) is 56.4 cm³/mol. The molecule has 1 atom stereocenters. The maximum atomic E-state index is 4.18. The van der Waals surface area contributed by atoms with Crippen LogP contribution in [-0.4, -0.2) is 35.9 Å². The second-order valence-electron chi connectivity index (χ2n) is 3.83. The summed E-state index contributed by atoms with van der Waals surface area (Å²) in [6.45, 7) is 7.20. The number of piperazine rings is 1. The van der Waals surface area contributed by atoms with E-state index in [0.717, 1.165) is 31.1 Å². The van der Waals surface area contributed by atoms with E-state index in [0.29, 0.717) is 6.04 Å². The molecule has 0 aromatic carbocycles. The maximum Gasteiger partial charge on any atom is 0.151 e. The van der Waals surface area contributed by atoms with Crippen LogP contribution in [0, 0.1) is 6.92 Å². The molecule has 4 nitrogen and oxygen atoms in total. The van der Waals surface area contributed by atoms with E-state index in [1.54, 1.807) is 0 Å². The predicted octanol–water partition coefficient (Wildman–Crippen LogP) is 0.583. The van der Waals surface area contributed by atoms with E-state index in [2.05, 4.69) is 27.3 Å². The molecule has 1 saturated heterocycles. The molecular formula is C10H16N4. The summed E-state index contributed by atoms with van der Waals surface area (Å²) in [4.78, 5) is 2.27. The lowest BCUT2D eigenvalue weighted by atomic mass is 10.2. The molecule has 0 bridgehead atoms. The van der Waals surface area contributed by atoms with Gasteiger partial charge in [-0.2, -0.15) is 5.10 Å². The summed E-state index contributed by atoms with van der Waals surface area (Å²) in [7, 11) is 0. The van der Waals surface area contributed by atoms with Gasteiger partial charge in [-0.1, -0.05) is 0 Å². The van der Waals surface area contributed by atoms with E-state index < -0.39 is 0 Å². The summed E-state index contributed by atoms with van der Waals surface area (Å²) >= 11 is 0. The number of rotatable bonds is 1. The van der Waals surface area contributed by atoms with Crippen LogP contribution in [0.15, 0.2) is 12.1 Å². The molecule has 1 aliphatic rings. The van der Waals surface area contributed by atoms with Gasteiger partial charge in [-0.25, -0.2) is 0 Å². The third kappa shape index (κ3) is 2.01. The van der Waals surface area contributed by atoms with Gasteiger partial charge in [0.15, 0.2) is 5.82 Å². The lowest BCUT2D eigenvalue weighted by Crippen LogP contribution is -2.49. The Kier molecular flexibility index (Phi) is 2.63. The average Bonchev–Trinajstić information content (AvgIpc) is 2.19. The molecule has 1 fully saturated rings. The molecule has 0 spiro atoms. The molecule has 0 radical (unpaired) electrons. The molecular weight excluding hydrogens is 176 g/mol. The summed E-state index contributed by atoms with van der Waals surface area (Å²) in [6, 6.07) is 4.59. The van der Waals surface area contributed by atoms with E-state index in [1.807, 2.05) is 19.1 Å². The summed E-state index contributed by atoms with van der Waals surface area (Å²) in [5, 5.41) is 11.7. The zero-order chi connectivity index (χ0) is 9.97. The van der Waals surface area contributed by atoms with Gasteiger partial charge >= 0.3 is 0 Å². The zero-order valence-electron chi connectivity index (χ0n) is 8.70. The molecule has 76 valence electrons. The van der Waals surface area contributed by atoms with Crippen LogP contribution in [0.1, 0.15) is 12.6 Å².